The van der Waals surface area contributed by atoms with Crippen molar-refractivity contribution >= 4 is 40.1 Å². The van der Waals surface area contributed by atoms with E-state index in [2.05, 4.69) is 13.1 Å². The minimum absolute atomic E-state index is 0.385. The van der Waals surface area contributed by atoms with Crippen molar-refractivity contribution in [3.05, 3.63) is 30.5 Å². The number of phosphoric acid groups is 3. The number of phosphoric ester groups is 1. The minimum Gasteiger partial charge on any atom is -0.398 e. The lowest BCUT2D eigenvalue weighted by molar-refractivity contribution is -0.0200. The van der Waals surface area contributed by atoms with E-state index in [1.165, 1.54) is 0 Å². The van der Waals surface area contributed by atoms with Crippen molar-refractivity contribution in [3.8, 4) is 0 Å². The van der Waals surface area contributed by atoms with Crippen molar-refractivity contribution in [2.75, 3.05) is 12.3 Å². The van der Waals surface area contributed by atoms with Crippen LogP contribution in [-0.4, -0.2) is 36.9 Å². The lowest BCUT2D eigenvalue weighted by Crippen LogP contribution is -2.16. The molecule has 3 rings (SSSR count). The summed E-state index contributed by atoms with van der Waals surface area (Å²) in [6.45, 7) is -0.471. The zero-order chi connectivity index (χ0) is 21.4. The van der Waals surface area contributed by atoms with Crippen LogP contribution in [0, 0.1) is 0 Å². The van der Waals surface area contributed by atoms with E-state index in [9.17, 15) is 18.6 Å². The van der Waals surface area contributed by atoms with Gasteiger partial charge in [0.2, 0.25) is 0 Å². The van der Waals surface area contributed by atoms with Crippen molar-refractivity contribution in [2.24, 2.45) is 0 Å². The van der Waals surface area contributed by atoms with Crippen molar-refractivity contribution in [1.29, 1.82) is 0 Å². The Morgan fingerprint density at radius 3 is 2.48 bits per heavy atom. The smallest absolute Gasteiger partial charge is 0.398 e. The Labute approximate surface area is 164 Å². The fraction of sp³-hybridized carbons (Fsp3) is 0.385. The quantitative estimate of drug-likeness (QED) is 0.278. The zero-order valence-electron chi connectivity index (χ0n) is 14.7. The Hall–Kier alpha value is -1.07. The molecule has 2 heterocycles. The van der Waals surface area contributed by atoms with Crippen LogP contribution in [0.5, 0.6) is 0 Å². The van der Waals surface area contributed by atoms with Crippen molar-refractivity contribution in [3.63, 3.8) is 0 Å². The zero-order valence-corrected chi connectivity index (χ0v) is 17.4. The molecular weight excluding hydrogens is 453 g/mol. The van der Waals surface area contributed by atoms with Gasteiger partial charge in [-0.05, 0) is 31.0 Å². The van der Waals surface area contributed by atoms with Gasteiger partial charge in [-0.3, -0.25) is 4.52 Å². The number of nitrogens with zero attached hydrogens (tertiary/aromatic N) is 1. The number of fused-ring (bicyclic) bond motifs is 1. The van der Waals surface area contributed by atoms with Crippen LogP contribution in [0.1, 0.15) is 19.1 Å². The van der Waals surface area contributed by atoms with Gasteiger partial charge >= 0.3 is 23.5 Å². The second-order valence-electron chi connectivity index (χ2n) is 6.18. The van der Waals surface area contributed by atoms with Crippen molar-refractivity contribution in [2.45, 2.75) is 25.2 Å². The maximum Gasteiger partial charge on any atom is 0.490 e. The summed E-state index contributed by atoms with van der Waals surface area (Å²) < 4.78 is 53.2. The predicted molar refractivity (Wildman–Crippen MR) is 99.3 cm³/mol. The number of rotatable bonds is 8. The molecule has 1 saturated heterocycles. The van der Waals surface area contributed by atoms with E-state index in [0.29, 0.717) is 18.5 Å². The van der Waals surface area contributed by atoms with E-state index in [1.54, 1.807) is 18.3 Å². The highest BCUT2D eigenvalue weighted by molar-refractivity contribution is 7.66. The monoisotopic (exact) mass is 472 g/mol. The molecule has 1 aromatic heterocycles. The molecule has 0 aliphatic carbocycles. The maximum atomic E-state index is 11.8. The summed E-state index contributed by atoms with van der Waals surface area (Å²) in [4.78, 5) is 35.6. The molecule has 6 N–H and O–H groups in total. The van der Waals surface area contributed by atoms with Crippen LogP contribution in [0.4, 0.5) is 5.69 Å². The summed E-state index contributed by atoms with van der Waals surface area (Å²) in [7, 11) is -16.1. The molecule has 0 radical (unpaired) electrons. The van der Waals surface area contributed by atoms with Crippen LogP contribution in [0.15, 0.2) is 30.5 Å². The van der Waals surface area contributed by atoms with E-state index < -0.39 is 36.2 Å². The van der Waals surface area contributed by atoms with Crippen molar-refractivity contribution < 1.29 is 51.2 Å². The van der Waals surface area contributed by atoms with Crippen LogP contribution in [0.25, 0.3) is 10.9 Å². The van der Waals surface area contributed by atoms with E-state index in [1.807, 2.05) is 16.7 Å². The Morgan fingerprint density at radius 1 is 1.07 bits per heavy atom. The largest absolute Gasteiger partial charge is 0.490 e. The van der Waals surface area contributed by atoms with Gasteiger partial charge in [0.15, 0.2) is 0 Å². The molecule has 2 unspecified atom stereocenters. The molecule has 4 atom stereocenters. The van der Waals surface area contributed by atoms with E-state index >= 15 is 0 Å². The predicted octanol–water partition coefficient (Wildman–Crippen LogP) is 2.24. The van der Waals surface area contributed by atoms with E-state index in [4.69, 9.17) is 25.2 Å². The van der Waals surface area contributed by atoms with Crippen LogP contribution < -0.4 is 5.73 Å². The second-order valence-corrected chi connectivity index (χ2v) is 10.6. The third-order valence-corrected chi connectivity index (χ3v) is 7.83. The molecule has 1 fully saturated rings. The molecule has 0 spiro atoms. The minimum atomic E-state index is -5.54. The molecule has 13 nitrogen and oxygen atoms in total. The highest BCUT2D eigenvalue weighted by Gasteiger charge is 2.41. The van der Waals surface area contributed by atoms with Crippen LogP contribution >= 0.6 is 23.5 Å². The summed E-state index contributed by atoms with van der Waals surface area (Å²) in [6, 6.07) is 7.28. The summed E-state index contributed by atoms with van der Waals surface area (Å²) >= 11 is 0. The second kappa shape index (κ2) is 8.22. The van der Waals surface area contributed by atoms with Crippen molar-refractivity contribution in [1.82, 2.24) is 4.57 Å². The normalized spacial score (nSPS) is 24.4. The molecule has 29 heavy (non-hydrogen) atoms. The number of ether oxygens (including phenoxy) is 1. The number of aromatic nitrogens is 1. The average Bonchev–Trinajstić information content (AvgIpc) is 3.16. The first-order valence-corrected chi connectivity index (χ1v) is 12.7. The number of anilines is 1. The maximum absolute atomic E-state index is 11.8. The van der Waals surface area contributed by atoms with Gasteiger partial charge in [0.05, 0.1) is 18.2 Å². The number of hydrogen-bond donors (Lipinski definition) is 5. The number of benzene rings is 1. The van der Waals surface area contributed by atoms with E-state index in [-0.39, 0.29) is 6.23 Å². The Bertz CT molecular complexity index is 1030. The molecule has 2 aromatic rings. The Balaban J connectivity index is 1.58. The fourth-order valence-corrected chi connectivity index (χ4v) is 6.01. The van der Waals surface area contributed by atoms with Gasteiger partial charge in [-0.25, -0.2) is 13.7 Å². The highest BCUT2D eigenvalue weighted by Crippen LogP contribution is 2.66. The lowest BCUT2D eigenvalue weighted by atomic mass is 10.2. The van der Waals surface area contributed by atoms with Crippen LogP contribution in [0.2, 0.25) is 0 Å². The van der Waals surface area contributed by atoms with Gasteiger partial charge < -0.3 is 34.6 Å². The molecule has 162 valence electrons. The third-order valence-electron chi connectivity index (χ3n) is 4.03. The van der Waals surface area contributed by atoms with Gasteiger partial charge in [0.25, 0.3) is 0 Å². The average molecular weight is 472 g/mol. The Morgan fingerprint density at radius 2 is 1.79 bits per heavy atom. The molecule has 1 aromatic carbocycles. The first-order valence-electron chi connectivity index (χ1n) is 8.14. The van der Waals surface area contributed by atoms with Gasteiger partial charge in [0, 0.05) is 17.3 Å². The standard InChI is InChI=1S/C13H19N2O11P3/c14-11-2-1-3-12-10(11)6-7-15(12)13-5-4-9(24-13)8-23-28(19,20)26-29(21,22)25-27(16,17)18/h1-3,6-7,9,13H,4-5,8,14H2,(H,19,20)(H,21,22)(H2,16,17,18)/t9-,13+/m0/s1. The SMILES string of the molecule is Nc1cccc2c1ccn2[C@H]1CC[C@@H](COP(=O)(O)OP(=O)(O)OP(=O)(O)O)O1. The molecule has 1 aliphatic rings. The summed E-state index contributed by atoms with van der Waals surface area (Å²) in [6.07, 6.45) is 1.79. The van der Waals surface area contributed by atoms with Gasteiger partial charge in [-0.2, -0.15) is 8.62 Å². The highest BCUT2D eigenvalue weighted by atomic mass is 31.3. The Kier molecular flexibility index (Phi) is 6.41. The summed E-state index contributed by atoms with van der Waals surface area (Å²) in [5.41, 5.74) is 7.40. The van der Waals surface area contributed by atoms with Gasteiger partial charge in [-0.15, -0.1) is 0 Å². The molecule has 16 heteroatoms. The lowest BCUT2D eigenvalue weighted by Gasteiger charge is -2.19. The molecular formula is C13H19N2O11P3. The summed E-state index contributed by atoms with van der Waals surface area (Å²) in [5.74, 6) is 0. The molecule has 0 bridgehead atoms. The molecule has 0 amide bonds. The van der Waals surface area contributed by atoms with E-state index in [0.717, 1.165) is 10.9 Å². The number of nitrogens with two attached hydrogens (primary N) is 1. The third kappa shape index (κ3) is 5.97. The number of hydrogen-bond acceptors (Lipinski definition) is 8. The van der Waals surface area contributed by atoms with Gasteiger partial charge in [0.1, 0.15) is 6.23 Å². The first-order chi connectivity index (χ1) is 13.4. The summed E-state index contributed by atoms with van der Waals surface area (Å²) in [5, 5.41) is 0.854. The van der Waals surface area contributed by atoms with Crippen LogP contribution in [0.3, 0.4) is 0 Å². The van der Waals surface area contributed by atoms with Crippen LogP contribution in [-0.2, 0) is 31.6 Å². The molecule has 1 aliphatic heterocycles. The first kappa shape index (κ1) is 22.6. The molecule has 0 saturated carbocycles. The topological polar surface area (TPSA) is 200 Å². The fourth-order valence-electron chi connectivity index (χ4n) is 2.96. The van der Waals surface area contributed by atoms with Gasteiger partial charge in [-0.1, -0.05) is 6.07 Å². The number of nitrogen functional groups attached to an aromatic ring is 1.